The van der Waals surface area contributed by atoms with Crippen LogP contribution < -0.4 is 9.47 Å². The third-order valence-corrected chi connectivity index (χ3v) is 6.99. The van der Waals surface area contributed by atoms with Gasteiger partial charge in [0.15, 0.2) is 23.0 Å². The average molecular weight is 576 g/mol. The SMILES string of the molecule is COc1ccnc(C(=O)C[C@@H](C)C(=O)O[C@@H](C)[C@H](OCC2CC2)c2ccc(-c3ccccc3)cc2)c1OCOC(C)=O. The number of Topliss-reactive ketones (excluding diaryl/α,β-unsaturated/α-hetero) is 1. The minimum atomic E-state index is -0.765. The van der Waals surface area contributed by atoms with Crippen molar-refractivity contribution in [2.75, 3.05) is 20.5 Å². The molecule has 3 aromatic rings. The fraction of sp³-hybridized carbons (Fsp3) is 0.394. The van der Waals surface area contributed by atoms with E-state index in [-0.39, 0.29) is 23.6 Å². The number of benzene rings is 2. The fourth-order valence-corrected chi connectivity index (χ4v) is 4.44. The maximum Gasteiger partial charge on any atom is 0.309 e. The molecule has 0 bridgehead atoms. The molecule has 0 unspecified atom stereocenters. The maximum atomic E-state index is 13.2. The first-order valence-corrected chi connectivity index (χ1v) is 14.1. The molecule has 1 fully saturated rings. The molecule has 2 aromatic carbocycles. The lowest BCUT2D eigenvalue weighted by Crippen LogP contribution is -2.29. The van der Waals surface area contributed by atoms with Crippen molar-refractivity contribution in [1.29, 1.82) is 0 Å². The van der Waals surface area contributed by atoms with E-state index in [1.54, 1.807) is 13.8 Å². The van der Waals surface area contributed by atoms with Gasteiger partial charge in [0.1, 0.15) is 12.2 Å². The van der Waals surface area contributed by atoms with Gasteiger partial charge in [0, 0.05) is 25.6 Å². The van der Waals surface area contributed by atoms with Gasteiger partial charge in [-0.05, 0) is 42.4 Å². The number of methoxy groups -OCH3 is 1. The Bertz CT molecular complexity index is 1350. The van der Waals surface area contributed by atoms with E-state index in [2.05, 4.69) is 17.1 Å². The molecule has 1 aliphatic carbocycles. The Labute approximate surface area is 246 Å². The molecular formula is C33H37NO8. The number of ketones is 1. The summed E-state index contributed by atoms with van der Waals surface area (Å²) in [6.45, 7) is 4.85. The highest BCUT2D eigenvalue weighted by Gasteiger charge is 2.31. The van der Waals surface area contributed by atoms with Crippen molar-refractivity contribution in [1.82, 2.24) is 4.98 Å². The molecule has 0 aliphatic heterocycles. The van der Waals surface area contributed by atoms with Crippen LogP contribution in [0.15, 0.2) is 66.9 Å². The van der Waals surface area contributed by atoms with Gasteiger partial charge in [-0.15, -0.1) is 0 Å². The molecule has 9 nitrogen and oxygen atoms in total. The van der Waals surface area contributed by atoms with Gasteiger partial charge in [-0.25, -0.2) is 4.98 Å². The molecule has 1 heterocycles. The molecule has 0 saturated heterocycles. The molecule has 0 radical (unpaired) electrons. The Morgan fingerprint density at radius 2 is 1.64 bits per heavy atom. The van der Waals surface area contributed by atoms with E-state index in [9.17, 15) is 14.4 Å². The molecule has 9 heteroatoms. The van der Waals surface area contributed by atoms with E-state index in [1.807, 2.05) is 42.5 Å². The number of esters is 2. The Morgan fingerprint density at radius 1 is 0.952 bits per heavy atom. The number of rotatable bonds is 15. The van der Waals surface area contributed by atoms with Crippen molar-refractivity contribution >= 4 is 17.7 Å². The molecule has 3 atom stereocenters. The number of nitrogens with zero attached hydrogens (tertiary/aromatic N) is 1. The first-order chi connectivity index (χ1) is 20.3. The molecule has 0 amide bonds. The zero-order valence-electron chi connectivity index (χ0n) is 24.4. The van der Waals surface area contributed by atoms with Gasteiger partial charge in [-0.2, -0.15) is 0 Å². The van der Waals surface area contributed by atoms with Crippen molar-refractivity contribution in [3.05, 3.63) is 78.1 Å². The van der Waals surface area contributed by atoms with Crippen molar-refractivity contribution < 1.29 is 38.1 Å². The summed E-state index contributed by atoms with van der Waals surface area (Å²) >= 11 is 0. The van der Waals surface area contributed by atoms with Crippen LogP contribution in [-0.4, -0.2) is 49.3 Å². The van der Waals surface area contributed by atoms with Crippen LogP contribution in [0.1, 0.15) is 62.2 Å². The Morgan fingerprint density at radius 3 is 2.29 bits per heavy atom. The molecule has 42 heavy (non-hydrogen) atoms. The molecule has 1 aliphatic rings. The van der Waals surface area contributed by atoms with Crippen LogP contribution in [-0.2, 0) is 23.8 Å². The Hall–Kier alpha value is -4.24. The summed E-state index contributed by atoms with van der Waals surface area (Å²) in [5.74, 6) is -1.46. The third kappa shape index (κ3) is 8.39. The average Bonchev–Trinajstić information content (AvgIpc) is 3.82. The number of ether oxygens (including phenoxy) is 5. The van der Waals surface area contributed by atoms with Crippen LogP contribution in [0.5, 0.6) is 11.5 Å². The van der Waals surface area contributed by atoms with Crippen molar-refractivity contribution in [3.8, 4) is 22.6 Å². The highest BCUT2D eigenvalue weighted by atomic mass is 16.7. The summed E-state index contributed by atoms with van der Waals surface area (Å²) in [6.07, 6.45) is 2.46. The number of hydrogen-bond acceptors (Lipinski definition) is 9. The summed E-state index contributed by atoms with van der Waals surface area (Å²) in [6, 6.07) is 19.7. The van der Waals surface area contributed by atoms with Gasteiger partial charge in [0.2, 0.25) is 6.79 Å². The second-order valence-electron chi connectivity index (χ2n) is 10.4. The van der Waals surface area contributed by atoms with Crippen LogP contribution in [0.3, 0.4) is 0 Å². The monoisotopic (exact) mass is 575 g/mol. The van der Waals surface area contributed by atoms with Gasteiger partial charge in [0.25, 0.3) is 0 Å². The first-order valence-electron chi connectivity index (χ1n) is 14.1. The van der Waals surface area contributed by atoms with E-state index in [4.69, 9.17) is 23.7 Å². The van der Waals surface area contributed by atoms with Gasteiger partial charge >= 0.3 is 11.9 Å². The lowest BCUT2D eigenvalue weighted by atomic mass is 9.99. The number of hydrogen-bond donors (Lipinski definition) is 0. The predicted octanol–water partition coefficient (Wildman–Crippen LogP) is 5.97. The second kappa shape index (κ2) is 14.6. The molecule has 1 aromatic heterocycles. The first kappa shape index (κ1) is 30.7. The largest absolute Gasteiger partial charge is 0.493 e. The lowest BCUT2D eigenvalue weighted by Gasteiger charge is -2.26. The summed E-state index contributed by atoms with van der Waals surface area (Å²) in [4.78, 5) is 41.6. The van der Waals surface area contributed by atoms with E-state index in [1.165, 1.54) is 26.3 Å². The molecule has 1 saturated carbocycles. The van der Waals surface area contributed by atoms with Crippen LogP contribution in [0.25, 0.3) is 11.1 Å². The predicted molar refractivity (Wildman–Crippen MR) is 155 cm³/mol. The Balaban J connectivity index is 1.42. The number of pyridine rings is 1. The highest BCUT2D eigenvalue weighted by Crippen LogP contribution is 2.34. The number of carbonyl (C=O) groups excluding carboxylic acids is 3. The molecular weight excluding hydrogens is 538 g/mol. The minimum absolute atomic E-state index is 0.0293. The summed E-state index contributed by atoms with van der Waals surface area (Å²) in [5, 5.41) is 0. The normalized spacial score (nSPS) is 14.8. The van der Waals surface area contributed by atoms with Crippen LogP contribution in [0.2, 0.25) is 0 Å². The van der Waals surface area contributed by atoms with Crippen molar-refractivity contribution in [2.24, 2.45) is 11.8 Å². The quantitative estimate of drug-likeness (QED) is 0.123. The summed E-state index contributed by atoms with van der Waals surface area (Å²) < 4.78 is 27.7. The molecule has 222 valence electrons. The van der Waals surface area contributed by atoms with E-state index >= 15 is 0 Å². The van der Waals surface area contributed by atoms with Gasteiger partial charge in [-0.3, -0.25) is 14.4 Å². The molecule has 0 N–H and O–H groups in total. The summed E-state index contributed by atoms with van der Waals surface area (Å²) in [5.41, 5.74) is 3.08. The van der Waals surface area contributed by atoms with E-state index in [0.29, 0.717) is 12.5 Å². The Kier molecular flexibility index (Phi) is 10.7. The third-order valence-electron chi connectivity index (χ3n) is 6.99. The zero-order valence-corrected chi connectivity index (χ0v) is 24.4. The van der Waals surface area contributed by atoms with E-state index in [0.717, 1.165) is 29.5 Å². The molecule has 4 rings (SSSR count). The maximum absolute atomic E-state index is 13.2. The number of aromatic nitrogens is 1. The highest BCUT2D eigenvalue weighted by molar-refractivity contribution is 5.99. The van der Waals surface area contributed by atoms with Gasteiger partial charge in [0.05, 0.1) is 19.6 Å². The number of carbonyl (C=O) groups is 3. The van der Waals surface area contributed by atoms with Crippen molar-refractivity contribution in [3.63, 3.8) is 0 Å². The second-order valence-corrected chi connectivity index (χ2v) is 10.4. The van der Waals surface area contributed by atoms with Crippen LogP contribution >= 0.6 is 0 Å². The lowest BCUT2D eigenvalue weighted by molar-refractivity contribution is -0.161. The van der Waals surface area contributed by atoms with Crippen LogP contribution in [0, 0.1) is 11.8 Å². The van der Waals surface area contributed by atoms with Crippen molar-refractivity contribution in [2.45, 2.75) is 52.2 Å². The van der Waals surface area contributed by atoms with Gasteiger partial charge in [-0.1, -0.05) is 61.5 Å². The van der Waals surface area contributed by atoms with Gasteiger partial charge < -0.3 is 23.7 Å². The van der Waals surface area contributed by atoms with E-state index < -0.39 is 42.6 Å². The standard InChI is InChI=1S/C33H37NO8/c1-21(18-28(36)30-32(41-20-40-23(3)35)29(38-4)16-17-34-30)33(37)42-22(2)31(39-19-24-10-11-24)27-14-12-26(13-15-27)25-8-6-5-7-9-25/h5-9,12-17,21-22,24,31H,10-11,18-20H2,1-4H3/t21-,22+,31+/m1/s1. The van der Waals surface area contributed by atoms with Crippen LogP contribution in [0.4, 0.5) is 0 Å². The zero-order chi connectivity index (χ0) is 30.1. The topological polar surface area (TPSA) is 110 Å². The fourth-order valence-electron chi connectivity index (χ4n) is 4.44. The smallest absolute Gasteiger partial charge is 0.309 e. The minimum Gasteiger partial charge on any atom is -0.493 e. The molecule has 0 spiro atoms. The summed E-state index contributed by atoms with van der Waals surface area (Å²) in [7, 11) is 1.42.